The van der Waals surface area contributed by atoms with Crippen LogP contribution in [0, 0.1) is 5.92 Å². The summed E-state index contributed by atoms with van der Waals surface area (Å²) in [4.78, 5) is 7.00. The largest absolute Gasteiger partial charge is 0.345 e. The lowest BCUT2D eigenvalue weighted by Crippen LogP contribution is -2.28. The van der Waals surface area contributed by atoms with Crippen LogP contribution in [0.2, 0.25) is 0 Å². The predicted octanol–water partition coefficient (Wildman–Crippen LogP) is 2.15. The maximum atomic E-state index is 11.7. The molecule has 20 heavy (non-hydrogen) atoms. The molecule has 0 amide bonds. The van der Waals surface area contributed by atoms with Crippen LogP contribution in [-0.2, 0) is 16.6 Å². The van der Waals surface area contributed by atoms with Gasteiger partial charge in [0.2, 0.25) is 10.0 Å². The van der Waals surface area contributed by atoms with Crippen LogP contribution in [-0.4, -0.2) is 24.1 Å². The molecule has 0 aliphatic rings. The summed E-state index contributed by atoms with van der Waals surface area (Å²) in [5.41, 5.74) is 2.90. The summed E-state index contributed by atoms with van der Waals surface area (Å²) in [5, 5.41) is 0. The fourth-order valence-electron chi connectivity index (χ4n) is 1.91. The third-order valence-electron chi connectivity index (χ3n) is 2.81. The Labute approximate surface area is 119 Å². The molecule has 0 fully saturated rings. The van der Waals surface area contributed by atoms with Gasteiger partial charge in [-0.1, -0.05) is 38.1 Å². The van der Waals surface area contributed by atoms with Crippen LogP contribution < -0.4 is 4.72 Å². The van der Waals surface area contributed by atoms with E-state index in [1.807, 2.05) is 38.1 Å². The smallest absolute Gasteiger partial charge is 0.212 e. The van der Waals surface area contributed by atoms with Crippen molar-refractivity contribution in [3.8, 4) is 11.3 Å². The molecule has 1 heterocycles. The van der Waals surface area contributed by atoms with Gasteiger partial charge in [-0.25, -0.2) is 18.1 Å². The minimum Gasteiger partial charge on any atom is -0.345 e. The van der Waals surface area contributed by atoms with Crippen LogP contribution in [0.5, 0.6) is 0 Å². The molecule has 0 saturated carbocycles. The summed E-state index contributed by atoms with van der Waals surface area (Å²) in [7, 11) is -3.20. The zero-order valence-corrected chi connectivity index (χ0v) is 12.4. The maximum absolute atomic E-state index is 11.7. The summed E-state index contributed by atoms with van der Waals surface area (Å²) in [6, 6.07) is 7.71. The zero-order chi connectivity index (χ0) is 14.6. The normalized spacial score (nSPS) is 11.9. The average molecular weight is 293 g/mol. The number of nitrogens with zero attached hydrogens (tertiary/aromatic N) is 1. The van der Waals surface area contributed by atoms with Crippen LogP contribution in [0.25, 0.3) is 11.3 Å². The highest BCUT2D eigenvalue weighted by Crippen LogP contribution is 2.16. The van der Waals surface area contributed by atoms with Gasteiger partial charge < -0.3 is 4.98 Å². The van der Waals surface area contributed by atoms with Crippen LogP contribution in [0.3, 0.4) is 0 Å². The number of aromatic nitrogens is 2. The van der Waals surface area contributed by atoms with E-state index in [-0.39, 0.29) is 11.7 Å². The molecule has 0 bridgehead atoms. The summed E-state index contributed by atoms with van der Waals surface area (Å²) in [5.74, 6) is 0.273. The number of aromatic amines is 1. The molecule has 2 N–H and O–H groups in total. The Hall–Kier alpha value is -1.66. The minimum atomic E-state index is -3.20. The highest BCUT2D eigenvalue weighted by Gasteiger charge is 2.12. The molecular formula is C14H19N3O2S. The van der Waals surface area contributed by atoms with Crippen molar-refractivity contribution >= 4 is 10.0 Å². The lowest BCUT2D eigenvalue weighted by Gasteiger charge is -2.09. The van der Waals surface area contributed by atoms with E-state index in [4.69, 9.17) is 0 Å². The van der Waals surface area contributed by atoms with Crippen molar-refractivity contribution in [2.75, 3.05) is 5.75 Å². The first-order valence-electron chi connectivity index (χ1n) is 6.51. The molecule has 0 atom stereocenters. The Balaban J connectivity index is 1.98. The van der Waals surface area contributed by atoms with Gasteiger partial charge in [-0.15, -0.1) is 0 Å². The predicted molar refractivity (Wildman–Crippen MR) is 79.5 cm³/mol. The number of hydrogen-bond donors (Lipinski definition) is 2. The molecule has 5 nitrogen and oxygen atoms in total. The first-order chi connectivity index (χ1) is 9.46. The molecule has 0 saturated heterocycles. The second kappa shape index (κ2) is 6.19. The summed E-state index contributed by atoms with van der Waals surface area (Å²) in [6.45, 7) is 4.09. The Morgan fingerprint density at radius 1 is 1.25 bits per heavy atom. The van der Waals surface area contributed by atoms with Crippen molar-refractivity contribution in [1.29, 1.82) is 0 Å². The van der Waals surface area contributed by atoms with Crippen LogP contribution in [0.4, 0.5) is 0 Å². The number of benzene rings is 1. The third-order valence-corrected chi connectivity index (χ3v) is 4.50. The van der Waals surface area contributed by atoms with Crippen LogP contribution >= 0.6 is 0 Å². The van der Waals surface area contributed by atoms with E-state index in [0.717, 1.165) is 16.8 Å². The van der Waals surface area contributed by atoms with Gasteiger partial charge in [-0.05, 0) is 17.0 Å². The third kappa shape index (κ3) is 4.18. The van der Waals surface area contributed by atoms with Gasteiger partial charge in [0.15, 0.2) is 0 Å². The zero-order valence-electron chi connectivity index (χ0n) is 11.6. The van der Waals surface area contributed by atoms with Gasteiger partial charge in [0.1, 0.15) is 0 Å². The number of imidazole rings is 1. The average Bonchev–Trinajstić information content (AvgIpc) is 2.89. The second-order valence-corrected chi connectivity index (χ2v) is 7.01. The van der Waals surface area contributed by atoms with E-state index in [1.165, 1.54) is 0 Å². The van der Waals surface area contributed by atoms with E-state index in [1.54, 1.807) is 12.5 Å². The summed E-state index contributed by atoms with van der Waals surface area (Å²) >= 11 is 0. The molecule has 2 rings (SSSR count). The molecule has 2 aromatic rings. The molecule has 0 radical (unpaired) electrons. The van der Waals surface area contributed by atoms with Crippen LogP contribution in [0.15, 0.2) is 36.8 Å². The van der Waals surface area contributed by atoms with Crippen molar-refractivity contribution < 1.29 is 8.42 Å². The standard InChI is InChI=1S/C14H19N3O2S/c1-11(2)9-20(18,19)17-7-12-3-5-13(6-4-12)14-8-15-10-16-14/h3-6,8,10-11,17H,7,9H2,1-2H3,(H,15,16). The van der Waals surface area contributed by atoms with Crippen molar-refractivity contribution in [3.63, 3.8) is 0 Å². The number of rotatable bonds is 6. The van der Waals surface area contributed by atoms with Gasteiger partial charge in [0.05, 0.1) is 24.0 Å². The Morgan fingerprint density at radius 3 is 2.50 bits per heavy atom. The maximum Gasteiger partial charge on any atom is 0.212 e. The van der Waals surface area contributed by atoms with Crippen molar-refractivity contribution in [3.05, 3.63) is 42.4 Å². The first kappa shape index (κ1) is 14.7. The fraction of sp³-hybridized carbons (Fsp3) is 0.357. The molecular weight excluding hydrogens is 274 g/mol. The topological polar surface area (TPSA) is 74.8 Å². The number of sulfonamides is 1. The molecule has 0 aliphatic heterocycles. The monoisotopic (exact) mass is 293 g/mol. The van der Waals surface area contributed by atoms with E-state index in [2.05, 4.69) is 14.7 Å². The van der Waals surface area contributed by atoms with E-state index < -0.39 is 10.0 Å². The minimum absolute atomic E-state index is 0.121. The quantitative estimate of drug-likeness (QED) is 0.857. The SMILES string of the molecule is CC(C)CS(=O)(=O)NCc1ccc(-c2cnc[nH]2)cc1. The molecule has 0 unspecified atom stereocenters. The Morgan fingerprint density at radius 2 is 1.95 bits per heavy atom. The van der Waals surface area contributed by atoms with Gasteiger partial charge in [0.25, 0.3) is 0 Å². The molecule has 6 heteroatoms. The molecule has 1 aromatic heterocycles. The van der Waals surface area contributed by atoms with Crippen LogP contribution in [0.1, 0.15) is 19.4 Å². The highest BCUT2D eigenvalue weighted by atomic mass is 32.2. The Kier molecular flexibility index (Phi) is 4.57. The molecule has 0 aliphatic carbocycles. The first-order valence-corrected chi connectivity index (χ1v) is 8.16. The highest BCUT2D eigenvalue weighted by molar-refractivity contribution is 7.89. The van der Waals surface area contributed by atoms with Crippen molar-refractivity contribution in [2.45, 2.75) is 20.4 Å². The number of H-pyrrole nitrogens is 1. The lowest BCUT2D eigenvalue weighted by molar-refractivity contribution is 0.568. The number of nitrogens with one attached hydrogen (secondary N) is 2. The molecule has 108 valence electrons. The molecule has 0 spiro atoms. The van der Waals surface area contributed by atoms with Crippen molar-refractivity contribution in [1.82, 2.24) is 14.7 Å². The second-order valence-electron chi connectivity index (χ2n) is 5.16. The fourth-order valence-corrected chi connectivity index (χ4v) is 3.29. The summed E-state index contributed by atoms with van der Waals surface area (Å²) in [6.07, 6.45) is 3.38. The summed E-state index contributed by atoms with van der Waals surface area (Å²) < 4.78 is 26.1. The van der Waals surface area contributed by atoms with Crippen molar-refractivity contribution in [2.24, 2.45) is 5.92 Å². The van der Waals surface area contributed by atoms with Gasteiger partial charge >= 0.3 is 0 Å². The van der Waals surface area contributed by atoms with E-state index in [0.29, 0.717) is 6.54 Å². The van der Waals surface area contributed by atoms with Gasteiger partial charge in [-0.3, -0.25) is 0 Å². The number of hydrogen-bond acceptors (Lipinski definition) is 3. The van der Waals surface area contributed by atoms with E-state index in [9.17, 15) is 8.42 Å². The van der Waals surface area contributed by atoms with Gasteiger partial charge in [-0.2, -0.15) is 0 Å². The molecule has 1 aromatic carbocycles. The van der Waals surface area contributed by atoms with Gasteiger partial charge in [0, 0.05) is 6.54 Å². The lowest BCUT2D eigenvalue weighted by atomic mass is 10.1. The van der Waals surface area contributed by atoms with E-state index >= 15 is 0 Å². The Bertz CT molecular complexity index is 632.